The number of nitriles is 1. The molecule has 2 aromatic rings. The van der Waals surface area contributed by atoms with Crippen LogP contribution in [0, 0.1) is 11.3 Å². The molecule has 0 aliphatic heterocycles. The first-order valence-corrected chi connectivity index (χ1v) is 8.19. The highest BCUT2D eigenvalue weighted by molar-refractivity contribution is 7.89. The zero-order valence-electron chi connectivity index (χ0n) is 12.3. The van der Waals surface area contributed by atoms with Gasteiger partial charge in [-0.1, -0.05) is 12.1 Å². The predicted octanol–water partition coefficient (Wildman–Crippen LogP) is 1.59. The summed E-state index contributed by atoms with van der Waals surface area (Å²) in [4.78, 5) is 12.0. The van der Waals surface area contributed by atoms with Crippen molar-refractivity contribution in [1.29, 1.82) is 5.26 Å². The number of phenolic OH excluding ortho intramolecular Hbond substituents is 1. The van der Waals surface area contributed by atoms with E-state index in [1.165, 1.54) is 42.5 Å². The molecule has 2 rings (SSSR count). The summed E-state index contributed by atoms with van der Waals surface area (Å²) in [6.45, 7) is 0. The molecule has 1 amide bonds. The lowest BCUT2D eigenvalue weighted by atomic mass is 10.1. The van der Waals surface area contributed by atoms with Gasteiger partial charge in [0.2, 0.25) is 10.0 Å². The minimum atomic E-state index is -3.81. The highest BCUT2D eigenvalue weighted by Gasteiger charge is 2.11. The van der Waals surface area contributed by atoms with Crippen LogP contribution in [0.1, 0.15) is 5.56 Å². The molecule has 0 saturated carbocycles. The van der Waals surface area contributed by atoms with E-state index in [-0.39, 0.29) is 16.2 Å². The van der Waals surface area contributed by atoms with E-state index in [2.05, 4.69) is 5.32 Å². The van der Waals surface area contributed by atoms with E-state index in [4.69, 9.17) is 10.4 Å². The van der Waals surface area contributed by atoms with Gasteiger partial charge in [0, 0.05) is 5.69 Å². The van der Waals surface area contributed by atoms with Gasteiger partial charge < -0.3 is 10.4 Å². The Bertz CT molecular complexity index is 925. The lowest BCUT2D eigenvalue weighted by Crippen LogP contribution is -2.14. The van der Waals surface area contributed by atoms with Crippen molar-refractivity contribution in [3.63, 3.8) is 0 Å². The number of amides is 1. The number of carbonyl (C=O) groups excluding carboxylic acids is 1. The smallest absolute Gasteiger partial charge is 0.266 e. The number of hydrogen-bond acceptors (Lipinski definition) is 5. The first-order chi connectivity index (χ1) is 11.3. The first kappa shape index (κ1) is 17.2. The topological polar surface area (TPSA) is 133 Å². The standard InChI is InChI=1S/C16H13N3O4S/c17-10-12(9-11-1-5-14(20)6-2-11)16(21)19-13-3-7-15(8-4-13)24(18,22)23/h1-9,20H,(H,19,21)(H2,18,22,23)/b12-9-. The van der Waals surface area contributed by atoms with Gasteiger partial charge >= 0.3 is 0 Å². The average Bonchev–Trinajstić information content (AvgIpc) is 2.54. The maximum Gasteiger partial charge on any atom is 0.266 e. The van der Waals surface area contributed by atoms with Crippen LogP contribution < -0.4 is 10.5 Å². The Labute approximate surface area is 138 Å². The number of nitrogens with two attached hydrogens (primary N) is 1. The number of aromatic hydroxyl groups is 1. The third-order valence-corrected chi connectivity index (χ3v) is 3.94. The molecule has 0 heterocycles. The van der Waals surface area contributed by atoms with Crippen LogP contribution in [0.25, 0.3) is 6.08 Å². The van der Waals surface area contributed by atoms with Crippen LogP contribution in [0.5, 0.6) is 5.75 Å². The maximum atomic E-state index is 12.1. The van der Waals surface area contributed by atoms with Crippen LogP contribution in [0.4, 0.5) is 5.69 Å². The van der Waals surface area contributed by atoms with Gasteiger partial charge in [0.15, 0.2) is 0 Å². The van der Waals surface area contributed by atoms with Crippen LogP contribution in [-0.2, 0) is 14.8 Å². The summed E-state index contributed by atoms with van der Waals surface area (Å²) < 4.78 is 22.3. The number of benzene rings is 2. The molecule has 0 unspecified atom stereocenters. The predicted molar refractivity (Wildman–Crippen MR) is 88.1 cm³/mol. The molecule has 0 aliphatic rings. The van der Waals surface area contributed by atoms with E-state index in [1.54, 1.807) is 18.2 Å². The fraction of sp³-hybridized carbons (Fsp3) is 0. The number of primary sulfonamides is 1. The lowest BCUT2D eigenvalue weighted by molar-refractivity contribution is -0.112. The van der Waals surface area contributed by atoms with Crippen LogP contribution in [0.15, 0.2) is 59.0 Å². The van der Waals surface area contributed by atoms with E-state index in [1.807, 2.05) is 0 Å². The van der Waals surface area contributed by atoms with Crippen LogP contribution in [-0.4, -0.2) is 19.4 Å². The monoisotopic (exact) mass is 343 g/mol. The second kappa shape index (κ2) is 6.95. The fourth-order valence-corrected chi connectivity index (χ4v) is 2.33. The third kappa shape index (κ3) is 4.42. The lowest BCUT2D eigenvalue weighted by Gasteiger charge is -2.05. The van der Waals surface area contributed by atoms with Gasteiger partial charge in [-0.2, -0.15) is 5.26 Å². The number of rotatable bonds is 4. The van der Waals surface area contributed by atoms with E-state index in [0.29, 0.717) is 11.3 Å². The van der Waals surface area contributed by atoms with E-state index in [0.717, 1.165) is 0 Å². The average molecular weight is 343 g/mol. The Morgan fingerprint density at radius 2 is 1.71 bits per heavy atom. The van der Waals surface area contributed by atoms with Gasteiger partial charge in [-0.25, -0.2) is 13.6 Å². The molecule has 0 radical (unpaired) electrons. The summed E-state index contributed by atoms with van der Waals surface area (Å²) in [6.07, 6.45) is 1.37. The Hall–Kier alpha value is -3.15. The number of carbonyl (C=O) groups is 1. The van der Waals surface area contributed by atoms with Crippen LogP contribution in [0.3, 0.4) is 0 Å². The van der Waals surface area contributed by atoms with E-state index in [9.17, 15) is 18.3 Å². The summed E-state index contributed by atoms with van der Waals surface area (Å²) in [5.41, 5.74) is 0.750. The maximum absolute atomic E-state index is 12.1. The van der Waals surface area contributed by atoms with Crippen molar-refractivity contribution in [2.24, 2.45) is 5.14 Å². The quantitative estimate of drug-likeness (QED) is 0.572. The largest absolute Gasteiger partial charge is 0.508 e. The summed E-state index contributed by atoms with van der Waals surface area (Å²) in [6, 6.07) is 13.0. The molecule has 0 fully saturated rings. The van der Waals surface area contributed by atoms with Crippen molar-refractivity contribution in [1.82, 2.24) is 0 Å². The molecule has 122 valence electrons. The molecule has 4 N–H and O–H groups in total. The van der Waals surface area contributed by atoms with Crippen molar-refractivity contribution in [2.75, 3.05) is 5.32 Å². The molecular weight excluding hydrogens is 330 g/mol. The summed E-state index contributed by atoms with van der Waals surface area (Å²) in [5.74, 6) is -0.570. The Morgan fingerprint density at radius 1 is 1.12 bits per heavy atom. The van der Waals surface area contributed by atoms with Crippen molar-refractivity contribution < 1.29 is 18.3 Å². The van der Waals surface area contributed by atoms with Crippen molar-refractivity contribution in [3.05, 3.63) is 59.7 Å². The molecule has 0 spiro atoms. The zero-order valence-corrected chi connectivity index (χ0v) is 13.1. The van der Waals surface area contributed by atoms with E-state index >= 15 is 0 Å². The number of phenols is 1. The molecule has 0 bridgehead atoms. The van der Waals surface area contributed by atoms with E-state index < -0.39 is 15.9 Å². The minimum absolute atomic E-state index is 0.0741. The van der Waals surface area contributed by atoms with Crippen LogP contribution in [0.2, 0.25) is 0 Å². The van der Waals surface area contributed by atoms with Gasteiger partial charge in [-0.15, -0.1) is 0 Å². The first-order valence-electron chi connectivity index (χ1n) is 6.64. The molecule has 7 nitrogen and oxygen atoms in total. The van der Waals surface area contributed by atoms with Crippen molar-refractivity contribution in [2.45, 2.75) is 4.90 Å². The summed E-state index contributed by atoms with van der Waals surface area (Å²) in [7, 11) is -3.81. The Balaban J connectivity index is 2.18. The number of hydrogen-bond donors (Lipinski definition) is 3. The van der Waals surface area contributed by atoms with Gasteiger partial charge in [0.05, 0.1) is 4.90 Å². The fourth-order valence-electron chi connectivity index (χ4n) is 1.81. The summed E-state index contributed by atoms with van der Waals surface area (Å²) >= 11 is 0. The SMILES string of the molecule is N#C/C(=C/c1ccc(O)cc1)C(=O)Nc1ccc(S(N)(=O)=O)cc1. The second-order valence-electron chi connectivity index (χ2n) is 4.78. The van der Waals surface area contributed by atoms with Gasteiger partial charge in [-0.05, 0) is 48.0 Å². The highest BCUT2D eigenvalue weighted by atomic mass is 32.2. The number of sulfonamides is 1. The Morgan fingerprint density at radius 3 is 2.21 bits per heavy atom. The van der Waals surface area contributed by atoms with Gasteiger partial charge in [0.25, 0.3) is 5.91 Å². The van der Waals surface area contributed by atoms with Crippen molar-refractivity contribution >= 4 is 27.7 Å². The van der Waals surface area contributed by atoms with Crippen molar-refractivity contribution in [3.8, 4) is 11.8 Å². The molecular formula is C16H13N3O4S. The molecule has 0 aromatic heterocycles. The highest BCUT2D eigenvalue weighted by Crippen LogP contribution is 2.16. The normalized spacial score (nSPS) is 11.6. The summed E-state index contributed by atoms with van der Waals surface area (Å²) in [5, 5.41) is 25.8. The van der Waals surface area contributed by atoms with Gasteiger partial charge in [0.1, 0.15) is 17.4 Å². The molecule has 8 heteroatoms. The van der Waals surface area contributed by atoms with Gasteiger partial charge in [-0.3, -0.25) is 4.79 Å². The zero-order chi connectivity index (χ0) is 17.7. The molecule has 24 heavy (non-hydrogen) atoms. The molecule has 0 saturated heterocycles. The molecule has 2 aromatic carbocycles. The molecule has 0 aliphatic carbocycles. The Kier molecular flexibility index (Phi) is 4.99. The third-order valence-electron chi connectivity index (χ3n) is 3.01. The minimum Gasteiger partial charge on any atom is -0.508 e. The number of anilines is 1. The number of nitrogens with zero attached hydrogens (tertiary/aromatic N) is 1. The van der Waals surface area contributed by atoms with Crippen LogP contribution >= 0.6 is 0 Å². The molecule has 0 atom stereocenters. The number of nitrogens with one attached hydrogen (secondary N) is 1. The second-order valence-corrected chi connectivity index (χ2v) is 6.35.